The molecule has 1 N–H and O–H groups in total. The minimum absolute atomic E-state index is 0.219. The molecular formula is C11H18N6. The van der Waals surface area contributed by atoms with Crippen molar-refractivity contribution in [3.8, 4) is 0 Å². The fourth-order valence-corrected chi connectivity index (χ4v) is 1.27. The molecule has 6 nitrogen and oxygen atoms in total. The highest BCUT2D eigenvalue weighted by atomic mass is 15.6. The molecule has 0 radical (unpaired) electrons. The van der Waals surface area contributed by atoms with E-state index in [-0.39, 0.29) is 5.41 Å². The Morgan fingerprint density at radius 1 is 1.35 bits per heavy atom. The van der Waals surface area contributed by atoms with Crippen molar-refractivity contribution in [2.24, 2.45) is 11.3 Å². The molecule has 0 unspecified atom stereocenters. The van der Waals surface area contributed by atoms with Gasteiger partial charge in [0.2, 0.25) is 0 Å². The molecule has 0 aliphatic rings. The van der Waals surface area contributed by atoms with Gasteiger partial charge >= 0.3 is 0 Å². The van der Waals surface area contributed by atoms with Crippen LogP contribution in [0.2, 0.25) is 0 Å². The van der Waals surface area contributed by atoms with Crippen LogP contribution in [0.5, 0.6) is 0 Å². The van der Waals surface area contributed by atoms with Crippen LogP contribution in [0.25, 0.3) is 5.65 Å². The first-order valence-corrected chi connectivity index (χ1v) is 5.78. The minimum Gasteiger partial charge on any atom is -0.368 e. The second-order valence-electron chi connectivity index (χ2n) is 5.24. The standard InChI is InChI=1S/C11H18N6/c1-8(2)11(3,4)7-12-9-5-6-10-13-15-16-17(10)14-9/h5-6,8H,7H2,1-4H3,(H,12,14). The van der Waals surface area contributed by atoms with Gasteiger partial charge in [0, 0.05) is 6.54 Å². The summed E-state index contributed by atoms with van der Waals surface area (Å²) < 4.78 is 1.42. The predicted molar refractivity (Wildman–Crippen MR) is 65.7 cm³/mol. The van der Waals surface area contributed by atoms with Crippen LogP contribution in [-0.4, -0.2) is 31.8 Å². The van der Waals surface area contributed by atoms with Gasteiger partial charge in [-0.3, -0.25) is 0 Å². The number of nitrogens with one attached hydrogen (secondary N) is 1. The SMILES string of the molecule is CC(C)C(C)(C)CNc1ccc2nnnn2n1. The minimum atomic E-state index is 0.219. The molecule has 2 aromatic rings. The van der Waals surface area contributed by atoms with Crippen LogP contribution in [0.1, 0.15) is 27.7 Å². The topological polar surface area (TPSA) is 68.0 Å². The molecule has 0 saturated heterocycles. The molecule has 0 aromatic carbocycles. The molecule has 0 spiro atoms. The third-order valence-corrected chi connectivity index (χ3v) is 3.36. The number of anilines is 1. The molecule has 92 valence electrons. The summed E-state index contributed by atoms with van der Waals surface area (Å²) in [4.78, 5) is 0. The third-order valence-electron chi connectivity index (χ3n) is 3.36. The first-order chi connectivity index (χ1) is 7.99. The average molecular weight is 234 g/mol. The maximum atomic E-state index is 4.27. The number of fused-ring (bicyclic) bond motifs is 1. The maximum absolute atomic E-state index is 4.27. The van der Waals surface area contributed by atoms with Crippen molar-refractivity contribution in [1.82, 2.24) is 25.3 Å². The van der Waals surface area contributed by atoms with Gasteiger partial charge in [-0.15, -0.1) is 14.8 Å². The Hall–Kier alpha value is -1.72. The Kier molecular flexibility index (Phi) is 2.95. The van der Waals surface area contributed by atoms with E-state index in [4.69, 9.17) is 0 Å². The smallest absolute Gasteiger partial charge is 0.200 e. The number of tetrazole rings is 1. The fourth-order valence-electron chi connectivity index (χ4n) is 1.27. The largest absolute Gasteiger partial charge is 0.368 e. The van der Waals surface area contributed by atoms with Gasteiger partial charge in [-0.2, -0.15) is 0 Å². The monoisotopic (exact) mass is 234 g/mol. The molecule has 17 heavy (non-hydrogen) atoms. The van der Waals surface area contributed by atoms with E-state index < -0.39 is 0 Å². The van der Waals surface area contributed by atoms with E-state index in [1.54, 1.807) is 0 Å². The highest BCUT2D eigenvalue weighted by Gasteiger charge is 2.22. The zero-order chi connectivity index (χ0) is 12.5. The summed E-state index contributed by atoms with van der Waals surface area (Å²) in [5.74, 6) is 1.39. The van der Waals surface area contributed by atoms with Crippen molar-refractivity contribution in [2.75, 3.05) is 11.9 Å². The van der Waals surface area contributed by atoms with Gasteiger partial charge in [0.25, 0.3) is 0 Å². The van der Waals surface area contributed by atoms with Gasteiger partial charge in [-0.25, -0.2) is 0 Å². The van der Waals surface area contributed by atoms with Gasteiger partial charge in [0.05, 0.1) is 0 Å². The van der Waals surface area contributed by atoms with Gasteiger partial charge < -0.3 is 5.32 Å². The van der Waals surface area contributed by atoms with E-state index in [0.29, 0.717) is 11.6 Å². The van der Waals surface area contributed by atoms with Gasteiger partial charge in [0.15, 0.2) is 5.65 Å². The van der Waals surface area contributed by atoms with Crippen molar-refractivity contribution in [3.05, 3.63) is 12.1 Å². The van der Waals surface area contributed by atoms with Crippen LogP contribution >= 0.6 is 0 Å². The second kappa shape index (κ2) is 4.27. The van der Waals surface area contributed by atoms with Crippen LogP contribution in [-0.2, 0) is 0 Å². The molecule has 2 aromatic heterocycles. The summed E-state index contributed by atoms with van der Waals surface area (Å²) in [6.07, 6.45) is 0. The molecule has 0 atom stereocenters. The summed E-state index contributed by atoms with van der Waals surface area (Å²) in [6, 6.07) is 3.74. The van der Waals surface area contributed by atoms with Crippen molar-refractivity contribution < 1.29 is 0 Å². The molecule has 0 aliphatic carbocycles. The van der Waals surface area contributed by atoms with E-state index in [1.807, 2.05) is 12.1 Å². The zero-order valence-corrected chi connectivity index (χ0v) is 10.7. The van der Waals surface area contributed by atoms with E-state index in [0.717, 1.165) is 12.4 Å². The molecule has 0 bridgehead atoms. The Balaban J connectivity index is 2.08. The molecule has 0 amide bonds. The molecular weight excluding hydrogens is 216 g/mol. The highest BCUT2D eigenvalue weighted by molar-refractivity contribution is 5.42. The van der Waals surface area contributed by atoms with Gasteiger partial charge in [-0.05, 0) is 33.9 Å². The predicted octanol–water partition coefficient (Wildman–Crippen LogP) is 1.61. The van der Waals surface area contributed by atoms with E-state index in [2.05, 4.69) is 53.6 Å². The Morgan fingerprint density at radius 2 is 2.12 bits per heavy atom. The fraction of sp³-hybridized carbons (Fsp3) is 0.636. The quantitative estimate of drug-likeness (QED) is 0.870. The average Bonchev–Trinajstić information content (AvgIpc) is 2.73. The van der Waals surface area contributed by atoms with Gasteiger partial charge in [0.1, 0.15) is 5.82 Å². The molecule has 2 rings (SSSR count). The first-order valence-electron chi connectivity index (χ1n) is 5.78. The van der Waals surface area contributed by atoms with Crippen molar-refractivity contribution in [2.45, 2.75) is 27.7 Å². The molecule has 0 aliphatic heterocycles. The molecule has 6 heteroatoms. The summed E-state index contributed by atoms with van der Waals surface area (Å²) in [5, 5.41) is 18.7. The number of hydrogen-bond acceptors (Lipinski definition) is 5. The lowest BCUT2D eigenvalue weighted by atomic mass is 9.81. The Morgan fingerprint density at radius 3 is 2.82 bits per heavy atom. The summed E-state index contributed by atoms with van der Waals surface area (Å²) in [7, 11) is 0. The summed E-state index contributed by atoms with van der Waals surface area (Å²) in [5.41, 5.74) is 0.871. The lowest BCUT2D eigenvalue weighted by Gasteiger charge is -2.29. The molecule has 2 heterocycles. The van der Waals surface area contributed by atoms with Crippen molar-refractivity contribution >= 4 is 11.5 Å². The number of nitrogens with zero attached hydrogens (tertiary/aromatic N) is 5. The van der Waals surface area contributed by atoms with Crippen LogP contribution < -0.4 is 5.32 Å². The Bertz CT molecular complexity index is 501. The summed E-state index contributed by atoms with van der Waals surface area (Å²) in [6.45, 7) is 9.78. The molecule has 0 saturated carbocycles. The summed E-state index contributed by atoms with van der Waals surface area (Å²) >= 11 is 0. The van der Waals surface area contributed by atoms with Gasteiger partial charge in [-0.1, -0.05) is 27.7 Å². The van der Waals surface area contributed by atoms with Crippen LogP contribution in [0.15, 0.2) is 12.1 Å². The zero-order valence-electron chi connectivity index (χ0n) is 10.7. The van der Waals surface area contributed by atoms with E-state index >= 15 is 0 Å². The highest BCUT2D eigenvalue weighted by Crippen LogP contribution is 2.25. The number of aromatic nitrogens is 5. The first kappa shape index (κ1) is 11.8. The maximum Gasteiger partial charge on any atom is 0.200 e. The normalized spacial score (nSPS) is 12.3. The number of rotatable bonds is 4. The van der Waals surface area contributed by atoms with E-state index in [1.165, 1.54) is 4.63 Å². The van der Waals surface area contributed by atoms with Crippen molar-refractivity contribution in [1.29, 1.82) is 0 Å². The lowest BCUT2D eigenvalue weighted by molar-refractivity contribution is 0.269. The van der Waals surface area contributed by atoms with Crippen LogP contribution in [0.4, 0.5) is 5.82 Å². The van der Waals surface area contributed by atoms with E-state index in [9.17, 15) is 0 Å². The third kappa shape index (κ3) is 2.51. The molecule has 0 fully saturated rings. The van der Waals surface area contributed by atoms with Crippen molar-refractivity contribution in [3.63, 3.8) is 0 Å². The lowest BCUT2D eigenvalue weighted by Crippen LogP contribution is -2.28. The second-order valence-corrected chi connectivity index (χ2v) is 5.24. The number of hydrogen-bond donors (Lipinski definition) is 1. The van der Waals surface area contributed by atoms with Crippen LogP contribution in [0, 0.1) is 11.3 Å². The Labute approximate surface area is 100 Å². The van der Waals surface area contributed by atoms with Crippen LogP contribution in [0.3, 0.4) is 0 Å².